The molecule has 0 aliphatic rings. The van der Waals surface area contributed by atoms with Crippen molar-refractivity contribution in [3.05, 3.63) is 182 Å². The lowest BCUT2D eigenvalue weighted by atomic mass is 9.98. The smallest absolute Gasteiger partial charge is 0.160 e. The Labute approximate surface area is 280 Å². The lowest BCUT2D eigenvalue weighted by molar-refractivity contribution is 1.18. The molecule has 48 heavy (non-hydrogen) atoms. The van der Waals surface area contributed by atoms with E-state index in [9.17, 15) is 0 Å². The van der Waals surface area contributed by atoms with Crippen LogP contribution in [0.3, 0.4) is 0 Å². The van der Waals surface area contributed by atoms with Gasteiger partial charge in [0, 0.05) is 34.6 Å². The van der Waals surface area contributed by atoms with Crippen LogP contribution in [0.4, 0.5) is 0 Å². The molecule has 0 spiro atoms. The lowest BCUT2D eigenvalue weighted by Gasteiger charge is -2.12. The van der Waals surface area contributed by atoms with Gasteiger partial charge in [-0.05, 0) is 69.8 Å². The van der Waals surface area contributed by atoms with Crippen molar-refractivity contribution in [1.82, 2.24) is 19.9 Å². The predicted octanol–water partition coefficient (Wildman–Crippen LogP) is 10.9. The molecule has 8 aromatic rings. The summed E-state index contributed by atoms with van der Waals surface area (Å²) in [6.07, 6.45) is 3.54. The molecule has 0 saturated heterocycles. The third kappa shape index (κ3) is 6.15. The van der Waals surface area contributed by atoms with Crippen LogP contribution in [0.5, 0.6) is 0 Å². The fraction of sp³-hybridized carbons (Fsp3) is 0. The number of rotatable bonds is 7. The molecular formula is C44H30N4. The fourth-order valence-electron chi connectivity index (χ4n) is 5.97. The van der Waals surface area contributed by atoms with Crippen molar-refractivity contribution >= 4 is 0 Å². The van der Waals surface area contributed by atoms with Crippen LogP contribution in [-0.4, -0.2) is 19.9 Å². The summed E-state index contributed by atoms with van der Waals surface area (Å²) in [5.74, 6) is 1.38. The van der Waals surface area contributed by atoms with E-state index in [4.69, 9.17) is 9.97 Å². The fourth-order valence-corrected chi connectivity index (χ4v) is 5.97. The Morgan fingerprint density at radius 2 is 0.604 bits per heavy atom. The molecule has 0 aliphatic heterocycles. The van der Waals surface area contributed by atoms with E-state index in [0.717, 1.165) is 61.5 Å². The van der Waals surface area contributed by atoms with E-state index in [1.165, 1.54) is 5.56 Å². The molecule has 0 amide bonds. The average molecular weight is 615 g/mol. The van der Waals surface area contributed by atoms with E-state index in [0.29, 0.717) is 11.6 Å². The Kier molecular flexibility index (Phi) is 7.87. The van der Waals surface area contributed by atoms with E-state index < -0.39 is 0 Å². The lowest BCUT2D eigenvalue weighted by Crippen LogP contribution is -1.96. The van der Waals surface area contributed by atoms with Crippen LogP contribution in [0.25, 0.3) is 78.7 Å². The van der Waals surface area contributed by atoms with Gasteiger partial charge in [0.05, 0.1) is 11.4 Å². The maximum Gasteiger partial charge on any atom is 0.160 e. The maximum absolute atomic E-state index is 5.18. The van der Waals surface area contributed by atoms with Gasteiger partial charge in [-0.25, -0.2) is 19.9 Å². The molecule has 2 heterocycles. The highest BCUT2D eigenvalue weighted by molar-refractivity contribution is 5.79. The van der Waals surface area contributed by atoms with Gasteiger partial charge in [-0.1, -0.05) is 133 Å². The standard InChI is InChI=1S/C44H30N4/c1-3-12-31(13-4-1)33-16-7-20-37(26-33)41-30-42(48-44(47-41)40-23-9-17-34(28-40)32-14-5-2-6-15-32)38-21-8-18-35(27-38)36-19-10-22-39(29-36)43-45-24-11-25-46-43/h1-30H. The van der Waals surface area contributed by atoms with Crippen molar-refractivity contribution in [2.75, 3.05) is 0 Å². The van der Waals surface area contributed by atoms with Crippen molar-refractivity contribution in [2.24, 2.45) is 0 Å². The highest BCUT2D eigenvalue weighted by Crippen LogP contribution is 2.33. The van der Waals surface area contributed by atoms with E-state index in [-0.39, 0.29) is 0 Å². The molecule has 8 rings (SSSR count). The summed E-state index contributed by atoms with van der Waals surface area (Å²) in [5, 5.41) is 0. The molecule has 0 N–H and O–H groups in total. The van der Waals surface area contributed by atoms with Crippen LogP contribution in [0, 0.1) is 0 Å². The Morgan fingerprint density at radius 1 is 0.250 bits per heavy atom. The van der Waals surface area contributed by atoms with Gasteiger partial charge in [0.25, 0.3) is 0 Å². The molecular weight excluding hydrogens is 585 g/mol. The summed E-state index contributed by atoms with van der Waals surface area (Å²) >= 11 is 0. The summed E-state index contributed by atoms with van der Waals surface area (Å²) < 4.78 is 0. The van der Waals surface area contributed by atoms with Gasteiger partial charge in [0.15, 0.2) is 11.6 Å². The summed E-state index contributed by atoms with van der Waals surface area (Å²) in [6.45, 7) is 0. The molecule has 2 aromatic heterocycles. The number of hydrogen-bond acceptors (Lipinski definition) is 4. The first kappa shape index (κ1) is 28.9. The van der Waals surface area contributed by atoms with E-state index in [1.54, 1.807) is 12.4 Å². The first-order valence-corrected chi connectivity index (χ1v) is 16.0. The normalized spacial score (nSPS) is 10.9. The van der Waals surface area contributed by atoms with Crippen LogP contribution in [-0.2, 0) is 0 Å². The van der Waals surface area contributed by atoms with Gasteiger partial charge in [-0.2, -0.15) is 0 Å². The quantitative estimate of drug-likeness (QED) is 0.179. The summed E-state index contributed by atoms with van der Waals surface area (Å²) in [7, 11) is 0. The third-order valence-corrected chi connectivity index (χ3v) is 8.40. The largest absolute Gasteiger partial charge is 0.237 e. The first-order chi connectivity index (χ1) is 23.8. The van der Waals surface area contributed by atoms with Crippen molar-refractivity contribution in [1.29, 1.82) is 0 Å². The Morgan fingerprint density at radius 3 is 1.08 bits per heavy atom. The zero-order valence-corrected chi connectivity index (χ0v) is 26.1. The second kappa shape index (κ2) is 13.1. The molecule has 226 valence electrons. The highest BCUT2D eigenvalue weighted by Gasteiger charge is 2.14. The molecule has 0 saturated carbocycles. The zero-order chi connectivity index (χ0) is 32.1. The van der Waals surface area contributed by atoms with Gasteiger partial charge in [0.1, 0.15) is 0 Å². The topological polar surface area (TPSA) is 51.6 Å². The van der Waals surface area contributed by atoms with Crippen LogP contribution in [0.2, 0.25) is 0 Å². The van der Waals surface area contributed by atoms with Crippen molar-refractivity contribution < 1.29 is 0 Å². The highest BCUT2D eigenvalue weighted by atomic mass is 14.9. The van der Waals surface area contributed by atoms with Crippen molar-refractivity contribution in [2.45, 2.75) is 0 Å². The second-order valence-corrected chi connectivity index (χ2v) is 11.6. The molecule has 6 aromatic carbocycles. The molecule has 4 heteroatoms. The number of nitrogens with zero attached hydrogens (tertiary/aromatic N) is 4. The van der Waals surface area contributed by atoms with E-state index in [1.807, 2.05) is 30.3 Å². The molecule has 0 radical (unpaired) electrons. The summed E-state index contributed by atoms with van der Waals surface area (Å²) in [6, 6.07) is 58.7. The van der Waals surface area contributed by atoms with Crippen LogP contribution >= 0.6 is 0 Å². The SMILES string of the molecule is c1ccc(-c2cccc(-c3cc(-c4cccc(-c5cccc(-c6ncccn6)c5)c4)nc(-c4cccc(-c5ccccc5)c4)n3)c2)cc1. The maximum atomic E-state index is 5.18. The summed E-state index contributed by atoms with van der Waals surface area (Å²) in [5.41, 5.74) is 12.5. The van der Waals surface area contributed by atoms with Gasteiger partial charge >= 0.3 is 0 Å². The minimum Gasteiger partial charge on any atom is -0.237 e. The summed E-state index contributed by atoms with van der Waals surface area (Å²) in [4.78, 5) is 19.3. The third-order valence-electron chi connectivity index (χ3n) is 8.40. The van der Waals surface area contributed by atoms with E-state index >= 15 is 0 Å². The minimum atomic E-state index is 0.680. The van der Waals surface area contributed by atoms with Gasteiger partial charge in [-0.15, -0.1) is 0 Å². The molecule has 0 fully saturated rings. The average Bonchev–Trinajstić information content (AvgIpc) is 3.19. The molecule has 0 unspecified atom stereocenters. The molecule has 4 nitrogen and oxygen atoms in total. The zero-order valence-electron chi connectivity index (χ0n) is 26.1. The van der Waals surface area contributed by atoms with Gasteiger partial charge < -0.3 is 0 Å². The number of benzene rings is 6. The van der Waals surface area contributed by atoms with E-state index in [2.05, 4.69) is 149 Å². The molecule has 0 bridgehead atoms. The monoisotopic (exact) mass is 614 g/mol. The van der Waals surface area contributed by atoms with Gasteiger partial charge in [0.2, 0.25) is 0 Å². The minimum absolute atomic E-state index is 0.680. The first-order valence-electron chi connectivity index (χ1n) is 16.0. The van der Waals surface area contributed by atoms with Crippen molar-refractivity contribution in [3.8, 4) is 78.7 Å². The predicted molar refractivity (Wildman–Crippen MR) is 196 cm³/mol. The molecule has 0 atom stereocenters. The Bertz CT molecular complexity index is 2230. The number of aromatic nitrogens is 4. The second-order valence-electron chi connectivity index (χ2n) is 11.6. The Hall–Kier alpha value is -6.52. The van der Waals surface area contributed by atoms with Crippen LogP contribution in [0.15, 0.2) is 182 Å². The Balaban J connectivity index is 1.25. The van der Waals surface area contributed by atoms with Crippen molar-refractivity contribution in [3.63, 3.8) is 0 Å². The van der Waals surface area contributed by atoms with Gasteiger partial charge in [-0.3, -0.25) is 0 Å². The van der Waals surface area contributed by atoms with Crippen LogP contribution < -0.4 is 0 Å². The number of hydrogen-bond donors (Lipinski definition) is 0. The van der Waals surface area contributed by atoms with Crippen LogP contribution in [0.1, 0.15) is 0 Å². The molecule has 0 aliphatic carbocycles.